The van der Waals surface area contributed by atoms with Crippen LogP contribution >= 0.6 is 11.3 Å². The quantitative estimate of drug-likeness (QED) is 0.601. The van der Waals surface area contributed by atoms with Crippen LogP contribution in [0.15, 0.2) is 42.5 Å². The SMILES string of the molecule is COc1ccc(C(=O)c2sc(Nc3ccccc3F)c(C#N)c2N)c(OC)c1. The van der Waals surface area contributed by atoms with Crippen LogP contribution in [0.2, 0.25) is 0 Å². The number of anilines is 3. The van der Waals surface area contributed by atoms with Gasteiger partial charge in [-0.05, 0) is 24.3 Å². The van der Waals surface area contributed by atoms with Crippen LogP contribution in [0.4, 0.5) is 20.8 Å². The summed E-state index contributed by atoms with van der Waals surface area (Å²) in [7, 11) is 2.95. The number of hydrogen-bond donors (Lipinski definition) is 2. The zero-order chi connectivity index (χ0) is 20.3. The molecule has 0 atom stereocenters. The Morgan fingerprint density at radius 3 is 2.61 bits per heavy atom. The Bertz CT molecular complexity index is 1090. The summed E-state index contributed by atoms with van der Waals surface area (Å²) in [5.41, 5.74) is 6.64. The molecule has 6 nitrogen and oxygen atoms in total. The van der Waals surface area contributed by atoms with Crippen molar-refractivity contribution < 1.29 is 18.7 Å². The number of nitrogens with one attached hydrogen (secondary N) is 1. The van der Waals surface area contributed by atoms with Gasteiger partial charge in [-0.3, -0.25) is 4.79 Å². The van der Waals surface area contributed by atoms with E-state index < -0.39 is 11.6 Å². The number of carbonyl (C=O) groups is 1. The molecule has 0 unspecified atom stereocenters. The fraction of sp³-hybridized carbons (Fsp3) is 0.100. The lowest BCUT2D eigenvalue weighted by atomic mass is 10.1. The average Bonchev–Trinajstić information content (AvgIpc) is 3.03. The van der Waals surface area contributed by atoms with Gasteiger partial charge in [0.05, 0.1) is 31.2 Å². The summed E-state index contributed by atoms with van der Waals surface area (Å²) in [4.78, 5) is 13.2. The number of methoxy groups -OCH3 is 2. The van der Waals surface area contributed by atoms with Crippen LogP contribution < -0.4 is 20.5 Å². The number of ether oxygens (including phenoxy) is 2. The molecule has 142 valence electrons. The Kier molecular flexibility index (Phi) is 5.47. The molecule has 3 aromatic rings. The van der Waals surface area contributed by atoms with Gasteiger partial charge in [0.2, 0.25) is 5.78 Å². The van der Waals surface area contributed by atoms with Gasteiger partial charge >= 0.3 is 0 Å². The van der Waals surface area contributed by atoms with Crippen LogP contribution in [-0.2, 0) is 0 Å². The highest BCUT2D eigenvalue weighted by Crippen LogP contribution is 2.40. The molecule has 1 aromatic heterocycles. The highest BCUT2D eigenvalue weighted by atomic mass is 32.1. The summed E-state index contributed by atoms with van der Waals surface area (Å²) in [6, 6.07) is 12.8. The molecule has 0 fully saturated rings. The molecule has 0 bridgehead atoms. The molecule has 2 aromatic carbocycles. The average molecular weight is 397 g/mol. The molecular weight excluding hydrogens is 381 g/mol. The molecular formula is C20H16FN3O3S. The first-order valence-corrected chi connectivity index (χ1v) is 8.92. The number of thiophene rings is 1. The van der Waals surface area contributed by atoms with Crippen LogP contribution in [0.1, 0.15) is 20.8 Å². The Morgan fingerprint density at radius 1 is 1.21 bits per heavy atom. The van der Waals surface area contributed by atoms with Crippen LogP contribution in [0.3, 0.4) is 0 Å². The van der Waals surface area contributed by atoms with Crippen molar-refractivity contribution in [2.75, 3.05) is 25.3 Å². The predicted molar refractivity (Wildman–Crippen MR) is 106 cm³/mol. The van der Waals surface area contributed by atoms with Crippen molar-refractivity contribution in [1.29, 1.82) is 5.26 Å². The van der Waals surface area contributed by atoms with Gasteiger partial charge in [0, 0.05) is 6.07 Å². The summed E-state index contributed by atoms with van der Waals surface area (Å²) in [5, 5.41) is 12.6. The fourth-order valence-corrected chi connectivity index (χ4v) is 3.64. The molecule has 3 rings (SSSR count). The number of nitrogens with zero attached hydrogens (tertiary/aromatic N) is 1. The van der Waals surface area contributed by atoms with Gasteiger partial charge in [-0.15, -0.1) is 11.3 Å². The molecule has 1 heterocycles. The predicted octanol–water partition coefficient (Wildman–Crippen LogP) is 4.33. The lowest BCUT2D eigenvalue weighted by molar-refractivity contribution is 0.104. The van der Waals surface area contributed by atoms with Crippen LogP contribution in [0.5, 0.6) is 11.5 Å². The van der Waals surface area contributed by atoms with E-state index in [-0.39, 0.29) is 27.4 Å². The minimum absolute atomic E-state index is 0.0363. The zero-order valence-electron chi connectivity index (χ0n) is 15.1. The lowest BCUT2D eigenvalue weighted by Crippen LogP contribution is -2.05. The molecule has 3 N–H and O–H groups in total. The van der Waals surface area contributed by atoms with E-state index in [1.165, 1.54) is 26.4 Å². The van der Waals surface area contributed by atoms with Crippen LogP contribution in [0.25, 0.3) is 0 Å². The lowest BCUT2D eigenvalue weighted by Gasteiger charge is -2.09. The molecule has 0 saturated carbocycles. The van der Waals surface area contributed by atoms with Crippen LogP contribution in [-0.4, -0.2) is 20.0 Å². The Balaban J connectivity index is 2.04. The first kappa shape index (κ1) is 19.2. The maximum atomic E-state index is 13.9. The van der Waals surface area contributed by atoms with Crippen molar-refractivity contribution in [2.24, 2.45) is 0 Å². The number of benzene rings is 2. The topological polar surface area (TPSA) is 97.4 Å². The summed E-state index contributed by atoms with van der Waals surface area (Å²) in [6.45, 7) is 0. The molecule has 0 amide bonds. The summed E-state index contributed by atoms with van der Waals surface area (Å²) < 4.78 is 24.4. The summed E-state index contributed by atoms with van der Waals surface area (Å²) >= 11 is 0.985. The smallest absolute Gasteiger partial charge is 0.208 e. The second-order valence-electron chi connectivity index (χ2n) is 5.66. The number of rotatable bonds is 6. The third-order valence-corrected chi connectivity index (χ3v) is 5.16. The summed E-state index contributed by atoms with van der Waals surface area (Å²) in [5.74, 6) is -0.0328. The standard InChI is InChI=1S/C20H16FN3O3S/c1-26-11-7-8-12(16(9-11)27-2)18(25)19-17(23)13(10-22)20(28-19)24-15-6-4-3-5-14(15)21/h3-9,24H,23H2,1-2H3. The Morgan fingerprint density at radius 2 is 1.96 bits per heavy atom. The Labute approximate surface area is 164 Å². The van der Waals surface area contributed by atoms with E-state index >= 15 is 0 Å². The second-order valence-corrected chi connectivity index (χ2v) is 6.68. The van der Waals surface area contributed by atoms with Crippen LogP contribution in [0, 0.1) is 17.1 Å². The van der Waals surface area contributed by atoms with E-state index in [2.05, 4.69) is 5.32 Å². The van der Waals surface area contributed by atoms with Crippen molar-refractivity contribution in [1.82, 2.24) is 0 Å². The van der Waals surface area contributed by atoms with Crippen molar-refractivity contribution in [3.8, 4) is 17.6 Å². The molecule has 0 saturated heterocycles. The zero-order valence-corrected chi connectivity index (χ0v) is 15.9. The number of nitrogens with two attached hydrogens (primary N) is 1. The van der Waals surface area contributed by atoms with E-state index in [0.29, 0.717) is 16.5 Å². The second kappa shape index (κ2) is 7.98. The normalized spacial score (nSPS) is 10.2. The maximum absolute atomic E-state index is 13.9. The molecule has 0 aliphatic rings. The number of para-hydroxylation sites is 1. The van der Waals surface area contributed by atoms with Gasteiger partial charge in [-0.1, -0.05) is 12.1 Å². The number of halogens is 1. The van der Waals surface area contributed by atoms with Gasteiger partial charge in [0.25, 0.3) is 0 Å². The number of hydrogen-bond acceptors (Lipinski definition) is 7. The van der Waals surface area contributed by atoms with E-state index in [9.17, 15) is 14.4 Å². The summed E-state index contributed by atoms with van der Waals surface area (Å²) in [6.07, 6.45) is 0. The number of ketones is 1. The monoisotopic (exact) mass is 397 g/mol. The minimum atomic E-state index is -0.483. The van der Waals surface area contributed by atoms with E-state index in [1.807, 2.05) is 6.07 Å². The molecule has 28 heavy (non-hydrogen) atoms. The Hall–Kier alpha value is -3.57. The van der Waals surface area contributed by atoms with Gasteiger partial charge in [0.15, 0.2) is 0 Å². The first-order chi connectivity index (χ1) is 13.5. The number of nitriles is 1. The van der Waals surface area contributed by atoms with Crippen molar-refractivity contribution in [3.05, 3.63) is 64.3 Å². The first-order valence-electron chi connectivity index (χ1n) is 8.10. The molecule has 0 spiro atoms. The van der Waals surface area contributed by atoms with Crippen molar-refractivity contribution >= 4 is 33.5 Å². The highest BCUT2D eigenvalue weighted by Gasteiger charge is 2.25. The van der Waals surface area contributed by atoms with Gasteiger partial charge < -0.3 is 20.5 Å². The van der Waals surface area contributed by atoms with E-state index in [0.717, 1.165) is 11.3 Å². The fourth-order valence-electron chi connectivity index (χ4n) is 2.60. The van der Waals surface area contributed by atoms with Crippen molar-refractivity contribution in [3.63, 3.8) is 0 Å². The molecule has 0 aliphatic heterocycles. The number of nitrogen functional groups attached to an aromatic ring is 1. The molecule has 0 radical (unpaired) electrons. The molecule has 8 heteroatoms. The van der Waals surface area contributed by atoms with Gasteiger partial charge in [-0.25, -0.2) is 4.39 Å². The van der Waals surface area contributed by atoms with Crippen molar-refractivity contribution in [2.45, 2.75) is 0 Å². The minimum Gasteiger partial charge on any atom is -0.497 e. The number of carbonyl (C=O) groups excluding carboxylic acids is 1. The van der Waals surface area contributed by atoms with Gasteiger partial charge in [0.1, 0.15) is 38.8 Å². The third kappa shape index (κ3) is 3.48. The van der Waals surface area contributed by atoms with E-state index in [4.69, 9.17) is 15.2 Å². The largest absolute Gasteiger partial charge is 0.497 e. The maximum Gasteiger partial charge on any atom is 0.208 e. The van der Waals surface area contributed by atoms with E-state index in [1.54, 1.807) is 30.3 Å². The third-order valence-electron chi connectivity index (χ3n) is 4.04. The molecule has 0 aliphatic carbocycles. The van der Waals surface area contributed by atoms with Gasteiger partial charge in [-0.2, -0.15) is 5.26 Å². The highest BCUT2D eigenvalue weighted by molar-refractivity contribution is 7.19.